The van der Waals surface area contributed by atoms with Gasteiger partial charge in [0.2, 0.25) is 5.13 Å². The molecule has 2 heterocycles. The van der Waals surface area contributed by atoms with E-state index in [0.717, 1.165) is 20.7 Å². The Morgan fingerprint density at radius 3 is 2.81 bits per heavy atom. The second-order valence-corrected chi connectivity index (χ2v) is 8.02. The highest BCUT2D eigenvalue weighted by atomic mass is 32.2. The van der Waals surface area contributed by atoms with Gasteiger partial charge in [-0.25, -0.2) is 4.79 Å². The number of anilines is 2. The summed E-state index contributed by atoms with van der Waals surface area (Å²) in [4.78, 5) is 12.0. The first kappa shape index (κ1) is 16.9. The van der Waals surface area contributed by atoms with Crippen molar-refractivity contribution in [2.24, 2.45) is 0 Å². The van der Waals surface area contributed by atoms with Crippen molar-refractivity contribution in [2.75, 3.05) is 11.1 Å². The van der Waals surface area contributed by atoms with E-state index in [9.17, 15) is 4.79 Å². The third-order valence-electron chi connectivity index (χ3n) is 3.82. The van der Waals surface area contributed by atoms with Gasteiger partial charge in [-0.15, -0.1) is 10.2 Å². The van der Waals surface area contributed by atoms with Gasteiger partial charge in [0.25, 0.3) is 0 Å². The lowest BCUT2D eigenvalue weighted by molar-refractivity contribution is 0.514. The van der Waals surface area contributed by atoms with Crippen LogP contribution in [0, 0.1) is 6.92 Å². The van der Waals surface area contributed by atoms with E-state index in [0.29, 0.717) is 17.9 Å². The molecule has 0 unspecified atom stereocenters. The van der Waals surface area contributed by atoms with Crippen molar-refractivity contribution in [1.82, 2.24) is 14.8 Å². The third kappa shape index (κ3) is 3.66. The molecule has 2 aromatic heterocycles. The largest absolute Gasteiger partial charge is 0.419 e. The SMILES string of the molecule is Cc1ccc(Nc2nnc(SCCn3c(=O)oc4ccccc43)s2)cc1. The minimum absolute atomic E-state index is 0.328. The first-order valence-corrected chi connectivity index (χ1v) is 9.87. The minimum atomic E-state index is -0.328. The molecule has 0 spiro atoms. The number of benzene rings is 2. The molecule has 0 aliphatic carbocycles. The molecule has 6 nitrogen and oxygen atoms in total. The van der Waals surface area contributed by atoms with Gasteiger partial charge in [0.05, 0.1) is 5.52 Å². The molecule has 26 heavy (non-hydrogen) atoms. The number of aromatic nitrogens is 3. The fraction of sp³-hybridized carbons (Fsp3) is 0.167. The lowest BCUT2D eigenvalue weighted by Gasteiger charge is -2.01. The molecule has 0 saturated carbocycles. The van der Waals surface area contributed by atoms with Crippen molar-refractivity contribution in [3.05, 3.63) is 64.6 Å². The maximum Gasteiger partial charge on any atom is 0.419 e. The van der Waals surface area contributed by atoms with Gasteiger partial charge >= 0.3 is 5.76 Å². The number of nitrogens with one attached hydrogen (secondary N) is 1. The number of fused-ring (bicyclic) bond motifs is 1. The number of hydrogen-bond donors (Lipinski definition) is 1. The molecule has 4 rings (SSSR count). The number of aryl methyl sites for hydroxylation is 2. The zero-order valence-electron chi connectivity index (χ0n) is 14.0. The fourth-order valence-corrected chi connectivity index (χ4v) is 4.30. The van der Waals surface area contributed by atoms with Crippen LogP contribution in [-0.2, 0) is 6.54 Å². The monoisotopic (exact) mass is 384 g/mol. The van der Waals surface area contributed by atoms with Gasteiger partial charge in [0.1, 0.15) is 0 Å². The van der Waals surface area contributed by atoms with E-state index < -0.39 is 0 Å². The second-order valence-electron chi connectivity index (χ2n) is 5.70. The Morgan fingerprint density at radius 2 is 1.96 bits per heavy atom. The number of rotatable bonds is 6. The average molecular weight is 384 g/mol. The van der Waals surface area contributed by atoms with Crippen LogP contribution in [-0.4, -0.2) is 20.5 Å². The van der Waals surface area contributed by atoms with Crippen molar-refractivity contribution in [2.45, 2.75) is 17.8 Å². The van der Waals surface area contributed by atoms with E-state index in [1.54, 1.807) is 22.4 Å². The summed E-state index contributed by atoms with van der Waals surface area (Å²) >= 11 is 3.07. The van der Waals surface area contributed by atoms with Crippen molar-refractivity contribution >= 4 is 45.0 Å². The minimum Gasteiger partial charge on any atom is -0.408 e. The van der Waals surface area contributed by atoms with Crippen molar-refractivity contribution < 1.29 is 4.42 Å². The Kier molecular flexibility index (Phi) is 4.77. The van der Waals surface area contributed by atoms with Crippen LogP contribution in [0.4, 0.5) is 10.8 Å². The summed E-state index contributed by atoms with van der Waals surface area (Å²) in [6.07, 6.45) is 0. The van der Waals surface area contributed by atoms with E-state index in [1.807, 2.05) is 42.5 Å². The standard InChI is InChI=1S/C18H16N4O2S2/c1-12-6-8-13(9-7-12)19-16-20-21-17(26-16)25-11-10-22-14-4-2-3-5-15(14)24-18(22)23/h2-9H,10-11H2,1H3,(H,19,20). The Bertz CT molecular complexity index is 1080. The number of hydrogen-bond acceptors (Lipinski definition) is 7. The molecule has 0 fully saturated rings. The maximum atomic E-state index is 12.0. The molecule has 0 atom stereocenters. The fourth-order valence-electron chi connectivity index (χ4n) is 2.53. The average Bonchev–Trinajstić information content (AvgIpc) is 3.21. The second kappa shape index (κ2) is 7.35. The predicted molar refractivity (Wildman–Crippen MR) is 106 cm³/mol. The molecule has 0 aliphatic heterocycles. The highest BCUT2D eigenvalue weighted by Crippen LogP contribution is 2.28. The van der Waals surface area contributed by atoms with Crippen molar-refractivity contribution in [3.8, 4) is 0 Å². The highest BCUT2D eigenvalue weighted by molar-refractivity contribution is 8.01. The van der Waals surface area contributed by atoms with Crippen molar-refractivity contribution in [1.29, 1.82) is 0 Å². The number of nitrogens with zero attached hydrogens (tertiary/aromatic N) is 3. The number of para-hydroxylation sites is 2. The van der Waals surface area contributed by atoms with E-state index in [1.165, 1.54) is 16.9 Å². The molecule has 132 valence electrons. The number of thioether (sulfide) groups is 1. The molecule has 1 N–H and O–H groups in total. The van der Waals surface area contributed by atoms with Crippen LogP contribution in [0.5, 0.6) is 0 Å². The lowest BCUT2D eigenvalue weighted by atomic mass is 10.2. The summed E-state index contributed by atoms with van der Waals surface area (Å²) in [6.45, 7) is 2.61. The zero-order valence-corrected chi connectivity index (χ0v) is 15.6. The summed E-state index contributed by atoms with van der Waals surface area (Å²) in [5.41, 5.74) is 3.63. The Balaban J connectivity index is 1.38. The van der Waals surface area contributed by atoms with Crippen LogP contribution in [0.25, 0.3) is 11.1 Å². The maximum absolute atomic E-state index is 12.0. The molecule has 0 aliphatic rings. The van der Waals surface area contributed by atoms with Gasteiger partial charge in [0.15, 0.2) is 9.92 Å². The summed E-state index contributed by atoms with van der Waals surface area (Å²) in [7, 11) is 0. The van der Waals surface area contributed by atoms with Crippen LogP contribution in [0.3, 0.4) is 0 Å². The first-order valence-electron chi connectivity index (χ1n) is 8.07. The predicted octanol–water partition coefficient (Wildman–Crippen LogP) is 4.29. The normalized spacial score (nSPS) is 11.1. The van der Waals surface area contributed by atoms with Gasteiger partial charge in [-0.3, -0.25) is 4.57 Å². The molecule has 8 heteroatoms. The van der Waals surface area contributed by atoms with Crippen LogP contribution < -0.4 is 11.1 Å². The molecule has 0 radical (unpaired) electrons. The van der Waals surface area contributed by atoms with Gasteiger partial charge in [-0.1, -0.05) is 52.9 Å². The van der Waals surface area contributed by atoms with Crippen LogP contribution in [0.1, 0.15) is 5.56 Å². The van der Waals surface area contributed by atoms with Crippen LogP contribution in [0.15, 0.2) is 62.1 Å². The molecule has 0 bridgehead atoms. The molecular weight excluding hydrogens is 368 g/mol. The topological polar surface area (TPSA) is 73.0 Å². The number of oxazole rings is 1. The highest BCUT2D eigenvalue weighted by Gasteiger charge is 2.10. The van der Waals surface area contributed by atoms with E-state index >= 15 is 0 Å². The van der Waals surface area contributed by atoms with Gasteiger partial charge in [-0.2, -0.15) is 0 Å². The quantitative estimate of drug-likeness (QED) is 0.500. The van der Waals surface area contributed by atoms with Crippen LogP contribution in [0.2, 0.25) is 0 Å². The van der Waals surface area contributed by atoms with Gasteiger partial charge in [0, 0.05) is 18.0 Å². The van der Waals surface area contributed by atoms with Gasteiger partial charge in [-0.05, 0) is 31.2 Å². The molecule has 2 aromatic carbocycles. The smallest absolute Gasteiger partial charge is 0.408 e. The molecule has 0 amide bonds. The van der Waals surface area contributed by atoms with E-state index in [4.69, 9.17) is 4.42 Å². The molecule has 4 aromatic rings. The zero-order chi connectivity index (χ0) is 17.9. The third-order valence-corrected chi connectivity index (χ3v) is 5.78. The van der Waals surface area contributed by atoms with Crippen LogP contribution >= 0.6 is 23.1 Å². The summed E-state index contributed by atoms with van der Waals surface area (Å²) < 4.78 is 7.75. The Morgan fingerprint density at radius 1 is 1.15 bits per heavy atom. The lowest BCUT2D eigenvalue weighted by Crippen LogP contribution is -2.15. The Hall–Kier alpha value is -2.58. The molecule has 0 saturated heterocycles. The Labute approximate surface area is 157 Å². The summed E-state index contributed by atoms with van der Waals surface area (Å²) in [5, 5.41) is 12.4. The molecular formula is C18H16N4O2S2. The summed E-state index contributed by atoms with van der Waals surface area (Å²) in [5.74, 6) is 0.383. The van der Waals surface area contributed by atoms with Crippen molar-refractivity contribution in [3.63, 3.8) is 0 Å². The summed E-state index contributed by atoms with van der Waals surface area (Å²) in [6, 6.07) is 15.6. The van der Waals surface area contributed by atoms with Gasteiger partial charge < -0.3 is 9.73 Å². The van der Waals surface area contributed by atoms with E-state index in [2.05, 4.69) is 22.4 Å². The first-order chi connectivity index (χ1) is 12.7. The van der Waals surface area contributed by atoms with E-state index in [-0.39, 0.29) is 5.76 Å².